The molecule has 1 amide bonds. The van der Waals surface area contributed by atoms with Crippen LogP contribution in [0.4, 0.5) is 5.69 Å². The van der Waals surface area contributed by atoms with E-state index in [1.807, 2.05) is 20.8 Å². The lowest BCUT2D eigenvalue weighted by atomic mass is 9.95. The van der Waals surface area contributed by atoms with Crippen molar-refractivity contribution in [2.24, 2.45) is 10.6 Å². The van der Waals surface area contributed by atoms with Gasteiger partial charge in [-0.2, -0.15) is 0 Å². The Balaban J connectivity index is 2.46. The summed E-state index contributed by atoms with van der Waals surface area (Å²) in [5.41, 5.74) is 0.668. The number of thiazole rings is 1. The summed E-state index contributed by atoms with van der Waals surface area (Å²) in [7, 11) is -2.13. The maximum Gasteiger partial charge on any atom is 0.265 e. The number of nitrogens with zero attached hydrogens (tertiary/aromatic N) is 2. The number of rotatable bonds is 2. The second-order valence-corrected chi connectivity index (χ2v) is 8.56. The topological polar surface area (TPSA) is 93.4 Å². The molecule has 0 spiro atoms. The van der Waals surface area contributed by atoms with Crippen LogP contribution in [0.1, 0.15) is 20.8 Å². The largest absolute Gasteiger partial charge is 0.315 e. The number of anilines is 1. The molecule has 2 rings (SSSR count). The molecule has 1 aromatic heterocycles. The normalized spacial score (nSPS) is 12.6. The number of primary sulfonamides is 1. The molecule has 8 heteroatoms. The number of hydrogen-bond donors (Lipinski definition) is 1. The molecular weight excluding hydrogens is 310 g/mol. The third-order valence-electron chi connectivity index (χ3n) is 2.93. The van der Waals surface area contributed by atoms with Gasteiger partial charge in [0.2, 0.25) is 10.2 Å². The van der Waals surface area contributed by atoms with E-state index in [4.69, 9.17) is 5.14 Å². The van der Waals surface area contributed by atoms with Crippen LogP contribution in [0.15, 0.2) is 22.5 Å². The second kappa shape index (κ2) is 5.04. The smallest absolute Gasteiger partial charge is 0.265 e. The lowest BCUT2D eigenvalue weighted by Gasteiger charge is -2.26. The van der Waals surface area contributed by atoms with Gasteiger partial charge in [0.25, 0.3) is 10.0 Å². The Hall–Kier alpha value is -1.51. The highest BCUT2D eigenvalue weighted by Gasteiger charge is 2.26. The Morgan fingerprint density at radius 1 is 1.33 bits per heavy atom. The van der Waals surface area contributed by atoms with Gasteiger partial charge in [-0.05, 0) is 18.2 Å². The minimum atomic E-state index is -3.81. The van der Waals surface area contributed by atoms with Crippen molar-refractivity contribution in [3.8, 4) is 0 Å². The van der Waals surface area contributed by atoms with Crippen LogP contribution in [-0.4, -0.2) is 26.4 Å². The molecular formula is C13H17N3O3S2. The Labute approximate surface area is 127 Å². The average molecular weight is 327 g/mol. The van der Waals surface area contributed by atoms with Crippen molar-refractivity contribution in [1.29, 1.82) is 0 Å². The highest BCUT2D eigenvalue weighted by atomic mass is 32.2. The Kier molecular flexibility index (Phi) is 3.81. The maximum atomic E-state index is 12.3. The Morgan fingerprint density at radius 3 is 2.48 bits per heavy atom. The fourth-order valence-electron chi connectivity index (χ4n) is 1.85. The lowest BCUT2D eigenvalue weighted by molar-refractivity contribution is -0.125. The quantitative estimate of drug-likeness (QED) is 0.912. The van der Waals surface area contributed by atoms with Crippen molar-refractivity contribution in [2.75, 3.05) is 11.9 Å². The predicted octanol–water partition coefficient (Wildman–Crippen LogP) is 1.95. The van der Waals surface area contributed by atoms with E-state index in [0.29, 0.717) is 15.9 Å². The summed E-state index contributed by atoms with van der Waals surface area (Å²) in [6.45, 7) is 5.52. The van der Waals surface area contributed by atoms with E-state index in [1.54, 1.807) is 25.2 Å². The Bertz CT molecular complexity index is 804. The monoisotopic (exact) mass is 327 g/mol. The number of sulfonamides is 1. The molecule has 1 heterocycles. The predicted molar refractivity (Wildman–Crippen MR) is 83.9 cm³/mol. The van der Waals surface area contributed by atoms with Crippen LogP contribution >= 0.6 is 11.3 Å². The minimum Gasteiger partial charge on any atom is -0.315 e. The van der Waals surface area contributed by atoms with Crippen molar-refractivity contribution in [1.82, 2.24) is 4.98 Å². The van der Waals surface area contributed by atoms with E-state index < -0.39 is 15.4 Å². The van der Waals surface area contributed by atoms with Gasteiger partial charge in [-0.1, -0.05) is 20.8 Å². The second-order valence-electron chi connectivity index (χ2n) is 5.79. The van der Waals surface area contributed by atoms with Gasteiger partial charge in [0.05, 0.1) is 10.2 Å². The number of aromatic nitrogens is 1. The first kappa shape index (κ1) is 15.9. The SMILES string of the molecule is CN(C(=O)C(C)(C)C)c1ccc2sc(S(N)(=O)=O)nc2c1. The van der Waals surface area contributed by atoms with E-state index >= 15 is 0 Å². The zero-order chi connectivity index (χ0) is 16.0. The number of benzene rings is 1. The van der Waals surface area contributed by atoms with Gasteiger partial charge in [-0.3, -0.25) is 4.79 Å². The van der Waals surface area contributed by atoms with E-state index in [2.05, 4.69) is 4.98 Å². The highest BCUT2D eigenvalue weighted by Crippen LogP contribution is 2.29. The summed E-state index contributed by atoms with van der Waals surface area (Å²) in [6.07, 6.45) is 0. The number of hydrogen-bond acceptors (Lipinski definition) is 5. The van der Waals surface area contributed by atoms with Crippen molar-refractivity contribution >= 4 is 43.2 Å². The zero-order valence-corrected chi connectivity index (χ0v) is 13.9. The summed E-state index contributed by atoms with van der Waals surface area (Å²) in [6, 6.07) is 5.19. The molecule has 0 aliphatic heterocycles. The number of carbonyl (C=O) groups excluding carboxylic acids is 1. The van der Waals surface area contributed by atoms with Crippen LogP contribution in [0.2, 0.25) is 0 Å². The molecule has 1 aromatic carbocycles. The fourth-order valence-corrected chi connectivity index (χ4v) is 3.48. The molecule has 0 bridgehead atoms. The van der Waals surface area contributed by atoms with E-state index in [0.717, 1.165) is 11.3 Å². The highest BCUT2D eigenvalue weighted by molar-refractivity contribution is 7.91. The van der Waals surface area contributed by atoms with Gasteiger partial charge in [-0.25, -0.2) is 18.5 Å². The first-order valence-electron chi connectivity index (χ1n) is 6.22. The van der Waals surface area contributed by atoms with Crippen LogP contribution in [0.5, 0.6) is 0 Å². The van der Waals surface area contributed by atoms with E-state index in [9.17, 15) is 13.2 Å². The molecule has 0 radical (unpaired) electrons. The van der Waals surface area contributed by atoms with Gasteiger partial charge in [0.15, 0.2) is 0 Å². The van der Waals surface area contributed by atoms with Gasteiger partial charge in [0, 0.05) is 18.2 Å². The fraction of sp³-hybridized carbons (Fsp3) is 0.385. The molecule has 2 aromatic rings. The number of carbonyl (C=O) groups is 1. The van der Waals surface area contributed by atoms with Crippen molar-refractivity contribution in [2.45, 2.75) is 25.1 Å². The van der Waals surface area contributed by atoms with E-state index in [1.165, 1.54) is 4.90 Å². The van der Waals surface area contributed by atoms with Gasteiger partial charge in [0.1, 0.15) is 0 Å². The minimum absolute atomic E-state index is 0.0382. The van der Waals surface area contributed by atoms with Gasteiger partial charge in [-0.15, -0.1) is 11.3 Å². The molecule has 0 aliphatic carbocycles. The zero-order valence-electron chi connectivity index (χ0n) is 12.2. The van der Waals surface area contributed by atoms with Crippen molar-refractivity contribution in [3.63, 3.8) is 0 Å². The summed E-state index contributed by atoms with van der Waals surface area (Å²) in [5.74, 6) is -0.0382. The summed E-state index contributed by atoms with van der Waals surface area (Å²) in [4.78, 5) is 17.8. The summed E-state index contributed by atoms with van der Waals surface area (Å²) < 4.78 is 23.2. The third-order valence-corrected chi connectivity index (χ3v) is 5.28. The number of nitrogens with two attached hydrogens (primary N) is 1. The van der Waals surface area contributed by atoms with Crippen LogP contribution < -0.4 is 10.0 Å². The number of fused-ring (bicyclic) bond motifs is 1. The standard InChI is InChI=1S/C13H17N3O3S2/c1-13(2,3)11(17)16(4)8-5-6-10-9(7-8)15-12(20-10)21(14,18)19/h5-7H,1-4H3,(H2,14,18,19). The molecule has 21 heavy (non-hydrogen) atoms. The average Bonchev–Trinajstić information content (AvgIpc) is 2.78. The van der Waals surface area contributed by atoms with Gasteiger partial charge < -0.3 is 4.90 Å². The van der Waals surface area contributed by atoms with Crippen LogP contribution in [0.25, 0.3) is 10.2 Å². The maximum absolute atomic E-state index is 12.3. The Morgan fingerprint density at radius 2 is 1.95 bits per heavy atom. The van der Waals surface area contributed by atoms with Crippen LogP contribution in [0.3, 0.4) is 0 Å². The first-order valence-corrected chi connectivity index (χ1v) is 8.58. The molecule has 0 saturated heterocycles. The molecule has 114 valence electrons. The third kappa shape index (κ3) is 3.22. The molecule has 0 unspecified atom stereocenters. The summed E-state index contributed by atoms with van der Waals surface area (Å²) in [5, 5.41) is 5.08. The molecule has 0 fully saturated rings. The lowest BCUT2D eigenvalue weighted by Crippen LogP contribution is -2.36. The van der Waals surface area contributed by atoms with Crippen molar-refractivity contribution < 1.29 is 13.2 Å². The van der Waals surface area contributed by atoms with Crippen molar-refractivity contribution in [3.05, 3.63) is 18.2 Å². The van der Waals surface area contributed by atoms with Crippen LogP contribution in [0, 0.1) is 5.41 Å². The first-order chi connectivity index (χ1) is 9.50. The van der Waals surface area contributed by atoms with E-state index in [-0.39, 0.29) is 10.2 Å². The molecule has 0 saturated carbocycles. The molecule has 0 aliphatic rings. The molecule has 0 atom stereocenters. The van der Waals surface area contributed by atoms with Gasteiger partial charge >= 0.3 is 0 Å². The molecule has 2 N–H and O–H groups in total. The summed E-state index contributed by atoms with van der Waals surface area (Å²) >= 11 is 1.01. The number of amides is 1. The molecule has 6 nitrogen and oxygen atoms in total. The van der Waals surface area contributed by atoms with Crippen LogP contribution in [-0.2, 0) is 14.8 Å².